The number of anilines is 1. The lowest BCUT2D eigenvalue weighted by Gasteiger charge is -2.24. The zero-order chi connectivity index (χ0) is 34.8. The van der Waals surface area contributed by atoms with Gasteiger partial charge in [0.05, 0.1) is 6.33 Å². The van der Waals surface area contributed by atoms with Crippen molar-refractivity contribution in [3.05, 3.63) is 120 Å². The fraction of sp³-hybridized carbons (Fsp3) is 0.147. The van der Waals surface area contributed by atoms with Crippen molar-refractivity contribution in [1.82, 2.24) is 29.4 Å². The van der Waals surface area contributed by atoms with Gasteiger partial charge >= 0.3 is 0 Å². The third-order valence-corrected chi connectivity index (χ3v) is 10.0. The van der Waals surface area contributed by atoms with Crippen LogP contribution in [-0.4, -0.2) is 68.9 Å². The second-order valence-electron chi connectivity index (χ2n) is 11.4. The molecule has 0 bridgehead atoms. The second kappa shape index (κ2) is 13.7. The first-order chi connectivity index (χ1) is 23.4. The average Bonchev–Trinajstić information content (AvgIpc) is 3.68. The van der Waals surface area contributed by atoms with Crippen LogP contribution >= 0.6 is 0 Å². The number of rotatable bonds is 4. The summed E-state index contributed by atoms with van der Waals surface area (Å²) < 4.78 is 65.2. The van der Waals surface area contributed by atoms with Crippen molar-refractivity contribution >= 4 is 58.9 Å². The number of hydrogen-bond acceptors (Lipinski definition) is 9. The van der Waals surface area contributed by atoms with Gasteiger partial charge in [0.25, 0.3) is 20.2 Å². The van der Waals surface area contributed by atoms with Gasteiger partial charge in [0, 0.05) is 53.4 Å². The van der Waals surface area contributed by atoms with E-state index in [9.17, 15) is 16.8 Å². The minimum Gasteiger partial charge on any atom is -0.382 e. The monoisotopic (exact) mass is 699 g/mol. The highest BCUT2D eigenvalue weighted by Gasteiger charge is 2.22. The van der Waals surface area contributed by atoms with Crippen LogP contribution in [-0.2, 0) is 39.7 Å². The van der Waals surface area contributed by atoms with Crippen molar-refractivity contribution in [3.63, 3.8) is 0 Å². The SMILES string of the molecule is CN1CCc2c(c3ccccc3n2Cc2ccccc2)C1.Nc1ncnc2nc[nH]c12.O=S(=O)(O)c1cccc2c(S(=O)(=O)O)cccc12. The summed E-state index contributed by atoms with van der Waals surface area (Å²) in [6.45, 7) is 3.19. The molecular formula is C34H33N7O6S2. The summed E-state index contributed by atoms with van der Waals surface area (Å²) in [6, 6.07) is 27.1. The van der Waals surface area contributed by atoms with Crippen molar-refractivity contribution in [3.8, 4) is 0 Å². The molecule has 0 saturated carbocycles. The fourth-order valence-electron chi connectivity index (χ4n) is 5.97. The summed E-state index contributed by atoms with van der Waals surface area (Å²) in [5.41, 5.74) is 12.6. The highest BCUT2D eigenvalue weighted by Crippen LogP contribution is 2.31. The van der Waals surface area contributed by atoms with Crippen molar-refractivity contribution in [2.45, 2.75) is 29.3 Å². The lowest BCUT2D eigenvalue weighted by atomic mass is 10.1. The molecule has 15 heteroatoms. The molecule has 7 aromatic rings. The van der Waals surface area contributed by atoms with Crippen molar-refractivity contribution < 1.29 is 25.9 Å². The molecule has 8 rings (SSSR count). The van der Waals surface area contributed by atoms with Crippen LogP contribution in [0.1, 0.15) is 16.8 Å². The van der Waals surface area contributed by atoms with E-state index in [0.29, 0.717) is 17.0 Å². The Bertz CT molecular complexity index is 2430. The van der Waals surface area contributed by atoms with Gasteiger partial charge in [-0.1, -0.05) is 72.8 Å². The van der Waals surface area contributed by atoms with Gasteiger partial charge in [-0.3, -0.25) is 9.11 Å². The number of hydrogen-bond donors (Lipinski definition) is 4. The third kappa shape index (κ3) is 7.30. The molecule has 0 saturated heterocycles. The van der Waals surface area contributed by atoms with Gasteiger partial charge in [0.15, 0.2) is 11.5 Å². The molecule has 0 unspecified atom stereocenters. The maximum Gasteiger partial charge on any atom is 0.295 e. The van der Waals surface area contributed by atoms with Crippen molar-refractivity contribution in [2.24, 2.45) is 0 Å². The van der Waals surface area contributed by atoms with Crippen LogP contribution in [0.3, 0.4) is 0 Å². The number of nitrogen functional groups attached to an aromatic ring is 1. The number of imidazole rings is 1. The summed E-state index contributed by atoms with van der Waals surface area (Å²) >= 11 is 0. The summed E-state index contributed by atoms with van der Waals surface area (Å²) in [5, 5.41) is 1.47. The average molecular weight is 700 g/mol. The molecule has 0 amide bonds. The van der Waals surface area contributed by atoms with Crippen LogP contribution in [0, 0.1) is 0 Å². The van der Waals surface area contributed by atoms with Crippen LogP contribution in [0.5, 0.6) is 0 Å². The highest BCUT2D eigenvalue weighted by molar-refractivity contribution is 7.86. The molecule has 0 spiro atoms. The lowest BCUT2D eigenvalue weighted by Crippen LogP contribution is -2.27. The molecule has 252 valence electrons. The van der Waals surface area contributed by atoms with Crippen LogP contribution in [0.2, 0.25) is 0 Å². The van der Waals surface area contributed by atoms with E-state index >= 15 is 0 Å². The maximum absolute atomic E-state index is 11.2. The standard InChI is InChI=1S/C19H20N2.C10H8O6S2.C5H5N5/c1-20-12-11-19-17(14-20)16-9-5-6-10-18(16)21(19)13-15-7-3-2-4-8-15;11-17(12,13)9-5-1-3-7-8(9)4-2-6-10(7)18(14,15)16;6-4-3-5(9-1-7-3)10-2-8-4/h2-10H,11-14H2,1H3;1-6H,(H,11,12,13)(H,14,15,16);1-2H,(H3,6,7,8,9,10). The number of fused-ring (bicyclic) bond motifs is 5. The quantitative estimate of drug-likeness (QED) is 0.182. The highest BCUT2D eigenvalue weighted by atomic mass is 32.2. The van der Waals surface area contributed by atoms with E-state index in [1.807, 2.05) is 0 Å². The van der Waals surface area contributed by atoms with Gasteiger partial charge < -0.3 is 20.2 Å². The van der Waals surface area contributed by atoms with Gasteiger partial charge in [-0.25, -0.2) is 15.0 Å². The molecule has 5 N–H and O–H groups in total. The zero-order valence-electron chi connectivity index (χ0n) is 26.3. The number of benzene rings is 4. The Balaban J connectivity index is 0.000000135. The van der Waals surface area contributed by atoms with Gasteiger partial charge in [-0.2, -0.15) is 16.8 Å². The molecule has 0 radical (unpaired) electrons. The molecule has 4 aromatic carbocycles. The van der Waals surface area contributed by atoms with Gasteiger partial charge in [-0.05, 0) is 36.4 Å². The number of para-hydroxylation sites is 1. The van der Waals surface area contributed by atoms with E-state index in [2.05, 4.69) is 91.0 Å². The molecule has 13 nitrogen and oxygen atoms in total. The smallest absolute Gasteiger partial charge is 0.295 e. The number of likely N-dealkylation sites (N-methyl/N-ethyl adjacent to an activating group) is 1. The summed E-state index contributed by atoms with van der Waals surface area (Å²) in [6.07, 6.45) is 4.07. The molecule has 4 heterocycles. The summed E-state index contributed by atoms with van der Waals surface area (Å²) in [5.74, 6) is 0.433. The summed E-state index contributed by atoms with van der Waals surface area (Å²) in [4.78, 5) is 16.0. The normalized spacial score (nSPS) is 13.4. The number of nitrogens with one attached hydrogen (secondary N) is 1. The topological polar surface area (TPSA) is 197 Å². The van der Waals surface area contributed by atoms with Crippen LogP contribution in [0.15, 0.2) is 113 Å². The molecule has 0 aliphatic carbocycles. The van der Waals surface area contributed by atoms with Crippen LogP contribution < -0.4 is 5.73 Å². The maximum atomic E-state index is 11.2. The van der Waals surface area contributed by atoms with Gasteiger partial charge in [0.2, 0.25) is 0 Å². The van der Waals surface area contributed by atoms with E-state index in [0.717, 1.165) is 38.2 Å². The predicted octanol–water partition coefficient (Wildman–Crippen LogP) is 4.95. The Hall–Kier alpha value is -5.19. The lowest BCUT2D eigenvalue weighted by molar-refractivity contribution is 0.310. The van der Waals surface area contributed by atoms with Gasteiger partial charge in [-0.15, -0.1) is 0 Å². The Morgan fingerprint density at radius 1 is 0.776 bits per heavy atom. The zero-order valence-corrected chi connectivity index (χ0v) is 27.9. The summed E-state index contributed by atoms with van der Waals surface area (Å²) in [7, 11) is -6.72. The number of nitrogens with zero attached hydrogens (tertiary/aromatic N) is 5. The Morgan fingerprint density at radius 3 is 2.02 bits per heavy atom. The fourth-order valence-corrected chi connectivity index (χ4v) is 7.38. The minimum atomic E-state index is -4.47. The van der Waals surface area contributed by atoms with Crippen LogP contribution in [0.4, 0.5) is 5.82 Å². The largest absolute Gasteiger partial charge is 0.382 e. The molecular weight excluding hydrogens is 667 g/mol. The number of aromatic nitrogens is 5. The first kappa shape index (κ1) is 33.7. The molecule has 49 heavy (non-hydrogen) atoms. The molecule has 3 aromatic heterocycles. The minimum absolute atomic E-state index is 0.0233. The Kier molecular flexibility index (Phi) is 9.45. The molecule has 0 atom stereocenters. The number of H-pyrrole nitrogens is 1. The Morgan fingerprint density at radius 2 is 1.39 bits per heavy atom. The second-order valence-corrected chi connectivity index (χ2v) is 14.2. The first-order valence-electron chi connectivity index (χ1n) is 15.1. The van der Waals surface area contributed by atoms with E-state index < -0.39 is 30.0 Å². The van der Waals surface area contributed by atoms with Crippen LogP contribution in [0.25, 0.3) is 32.8 Å². The molecule has 1 aliphatic rings. The van der Waals surface area contributed by atoms with E-state index in [1.54, 1.807) is 0 Å². The Labute approximate surface area is 282 Å². The van der Waals surface area contributed by atoms with E-state index in [-0.39, 0.29) is 10.8 Å². The van der Waals surface area contributed by atoms with Crippen molar-refractivity contribution in [1.29, 1.82) is 0 Å². The van der Waals surface area contributed by atoms with E-state index in [4.69, 9.17) is 14.8 Å². The third-order valence-electron chi connectivity index (χ3n) is 8.19. The predicted molar refractivity (Wildman–Crippen MR) is 187 cm³/mol. The van der Waals surface area contributed by atoms with E-state index in [1.165, 1.54) is 64.6 Å². The first-order valence-corrected chi connectivity index (χ1v) is 18.0. The van der Waals surface area contributed by atoms with Gasteiger partial charge in [0.1, 0.15) is 21.6 Å². The molecule has 1 aliphatic heterocycles. The molecule has 0 fully saturated rings. The number of nitrogens with two attached hydrogens (primary N) is 1. The van der Waals surface area contributed by atoms with Crippen molar-refractivity contribution in [2.75, 3.05) is 19.3 Å². The number of aromatic amines is 1.